The first-order valence-electron chi connectivity index (χ1n) is 6.27. The molecule has 0 radical (unpaired) electrons. The molecule has 0 aromatic carbocycles. The molecule has 2 unspecified atom stereocenters. The van der Waals surface area contributed by atoms with Gasteiger partial charge in [0.25, 0.3) is 5.34 Å². The van der Waals surface area contributed by atoms with Gasteiger partial charge >= 0.3 is 6.85 Å². The molecule has 0 saturated carbocycles. The Hall–Kier alpha value is -0.990. The van der Waals surface area contributed by atoms with Crippen molar-refractivity contribution in [3.8, 4) is 0 Å². The van der Waals surface area contributed by atoms with Crippen molar-refractivity contribution in [1.82, 2.24) is 4.78 Å². The quantitative estimate of drug-likeness (QED) is 0.216. The van der Waals surface area contributed by atoms with Gasteiger partial charge in [-0.25, -0.2) is 0 Å². The maximum Gasteiger partial charge on any atom is 0.358 e. The maximum absolute atomic E-state index is 6.10. The van der Waals surface area contributed by atoms with Crippen LogP contribution in [-0.4, -0.2) is 23.9 Å². The van der Waals surface area contributed by atoms with Gasteiger partial charge in [-0.05, 0) is 26.0 Å². The molecule has 0 rings (SSSR count). The Morgan fingerprint density at radius 2 is 2.11 bits per heavy atom. The van der Waals surface area contributed by atoms with Gasteiger partial charge in [-0.1, -0.05) is 25.2 Å². The SMILES string of the molecule is C=NN(C)[P+](=S)C(C)(CC)OC(C=CC=CC)=CC. The summed E-state index contributed by atoms with van der Waals surface area (Å²) < 4.78 is 7.82. The zero-order chi connectivity index (χ0) is 14.9. The molecule has 0 aromatic rings. The van der Waals surface area contributed by atoms with E-state index >= 15 is 0 Å². The van der Waals surface area contributed by atoms with E-state index in [1.165, 1.54) is 0 Å². The lowest BCUT2D eigenvalue weighted by Crippen LogP contribution is -2.26. The van der Waals surface area contributed by atoms with E-state index in [9.17, 15) is 0 Å². The third kappa shape index (κ3) is 5.66. The van der Waals surface area contributed by atoms with Crippen LogP contribution in [0.3, 0.4) is 0 Å². The second-order valence-electron chi connectivity index (χ2n) is 4.11. The summed E-state index contributed by atoms with van der Waals surface area (Å²) in [5, 5.41) is 3.46. The largest absolute Gasteiger partial charge is 0.445 e. The Morgan fingerprint density at radius 3 is 2.53 bits per heavy atom. The standard InChI is InChI=1S/C14H24N2OPS/c1-7-10-11-12-13(8-2)17-14(4,9-3)18(19)16(6)15-5/h7-8,10-12H,5,9H2,1-4,6H3/q+1. The van der Waals surface area contributed by atoms with Crippen LogP contribution >= 0.6 is 6.85 Å². The van der Waals surface area contributed by atoms with E-state index < -0.39 is 12.2 Å². The summed E-state index contributed by atoms with van der Waals surface area (Å²) in [6.07, 6.45) is 10.6. The molecule has 0 amide bonds. The minimum absolute atomic E-state index is 0.428. The molecule has 0 aliphatic heterocycles. The second kappa shape index (κ2) is 9.00. The van der Waals surface area contributed by atoms with E-state index in [1.54, 1.807) is 4.78 Å². The number of hydrogen-bond acceptors (Lipinski definition) is 3. The molecule has 0 aliphatic rings. The monoisotopic (exact) mass is 299 g/mol. The number of hydrogen-bond donors (Lipinski definition) is 0. The Kier molecular flexibility index (Phi) is 8.53. The van der Waals surface area contributed by atoms with E-state index in [4.69, 9.17) is 16.5 Å². The summed E-state index contributed by atoms with van der Waals surface area (Å²) in [4.78, 5) is 0. The molecular weight excluding hydrogens is 275 g/mol. The molecule has 106 valence electrons. The lowest BCUT2D eigenvalue weighted by molar-refractivity contribution is 0.0972. The van der Waals surface area contributed by atoms with Gasteiger partial charge in [-0.15, -0.1) is 4.78 Å². The molecule has 0 aromatic heterocycles. The fraction of sp³-hybridized carbons (Fsp3) is 0.500. The molecule has 0 N–H and O–H groups in total. The van der Waals surface area contributed by atoms with Crippen LogP contribution in [0.4, 0.5) is 0 Å². The number of nitrogens with zero attached hydrogens (tertiary/aromatic N) is 2. The summed E-state index contributed by atoms with van der Waals surface area (Å²) >= 11 is 5.56. The van der Waals surface area contributed by atoms with Crippen molar-refractivity contribution >= 4 is 25.4 Å². The van der Waals surface area contributed by atoms with E-state index in [0.29, 0.717) is 0 Å². The molecule has 0 bridgehead atoms. The molecule has 2 atom stereocenters. The number of hydrazone groups is 1. The van der Waals surface area contributed by atoms with Gasteiger partial charge in [-0.3, -0.25) is 0 Å². The van der Waals surface area contributed by atoms with E-state index in [2.05, 4.69) is 18.7 Å². The smallest absolute Gasteiger partial charge is 0.358 e. The van der Waals surface area contributed by atoms with Crippen LogP contribution in [0.2, 0.25) is 0 Å². The molecule has 5 heteroatoms. The topological polar surface area (TPSA) is 24.8 Å². The lowest BCUT2D eigenvalue weighted by Gasteiger charge is -2.23. The fourth-order valence-corrected chi connectivity index (χ4v) is 3.15. The molecule has 3 nitrogen and oxygen atoms in total. The van der Waals surface area contributed by atoms with Crippen LogP contribution in [0.15, 0.2) is 41.2 Å². The average Bonchev–Trinajstić information content (AvgIpc) is 2.44. The first-order valence-corrected chi connectivity index (χ1v) is 8.58. The summed E-state index contributed by atoms with van der Waals surface area (Å²) in [6.45, 7) is 10.6. The van der Waals surface area contributed by atoms with Crippen LogP contribution < -0.4 is 0 Å². The normalized spacial score (nSPS) is 16.5. The van der Waals surface area contributed by atoms with E-state index in [1.807, 2.05) is 58.2 Å². The van der Waals surface area contributed by atoms with E-state index in [0.717, 1.165) is 12.2 Å². The van der Waals surface area contributed by atoms with Crippen molar-refractivity contribution in [1.29, 1.82) is 0 Å². The molecule has 19 heavy (non-hydrogen) atoms. The van der Waals surface area contributed by atoms with Gasteiger partial charge < -0.3 is 4.74 Å². The van der Waals surface area contributed by atoms with Gasteiger partial charge in [0.05, 0.1) is 7.05 Å². The highest BCUT2D eigenvalue weighted by Gasteiger charge is 2.44. The van der Waals surface area contributed by atoms with Gasteiger partial charge in [-0.2, -0.15) is 5.10 Å². The van der Waals surface area contributed by atoms with Crippen molar-refractivity contribution < 1.29 is 4.74 Å². The Morgan fingerprint density at radius 1 is 1.47 bits per heavy atom. The molecule has 0 saturated heterocycles. The third-order valence-electron chi connectivity index (χ3n) is 2.71. The van der Waals surface area contributed by atoms with Crippen molar-refractivity contribution in [3.63, 3.8) is 0 Å². The zero-order valence-electron chi connectivity index (χ0n) is 12.5. The molecule has 0 spiro atoms. The van der Waals surface area contributed by atoms with Crippen LogP contribution in [0.5, 0.6) is 0 Å². The van der Waals surface area contributed by atoms with Crippen molar-refractivity contribution in [2.24, 2.45) is 5.10 Å². The summed E-state index contributed by atoms with van der Waals surface area (Å²) in [5.41, 5.74) is 0. The second-order valence-corrected chi connectivity index (χ2v) is 7.22. The van der Waals surface area contributed by atoms with Gasteiger partial charge in [0.2, 0.25) is 0 Å². The highest BCUT2D eigenvalue weighted by atomic mass is 32.4. The highest BCUT2D eigenvalue weighted by Crippen LogP contribution is 2.46. The van der Waals surface area contributed by atoms with Crippen LogP contribution in [0, 0.1) is 0 Å². The summed E-state index contributed by atoms with van der Waals surface area (Å²) in [7, 11) is 1.84. The number of rotatable bonds is 8. The first-order chi connectivity index (χ1) is 8.95. The fourth-order valence-electron chi connectivity index (χ4n) is 1.31. The maximum atomic E-state index is 6.10. The van der Waals surface area contributed by atoms with Gasteiger partial charge in [0.15, 0.2) is 11.8 Å². The van der Waals surface area contributed by atoms with Crippen molar-refractivity contribution in [2.45, 2.75) is 39.5 Å². The van der Waals surface area contributed by atoms with Crippen molar-refractivity contribution in [3.05, 3.63) is 36.1 Å². The zero-order valence-corrected chi connectivity index (χ0v) is 14.2. The molecule has 0 fully saturated rings. The molecular formula is C14H24N2OPS+. The predicted molar refractivity (Wildman–Crippen MR) is 89.1 cm³/mol. The summed E-state index contributed by atoms with van der Waals surface area (Å²) in [6, 6.07) is 0. The van der Waals surface area contributed by atoms with E-state index in [-0.39, 0.29) is 0 Å². The minimum Gasteiger partial charge on any atom is -0.445 e. The van der Waals surface area contributed by atoms with Crippen molar-refractivity contribution in [2.75, 3.05) is 7.05 Å². The van der Waals surface area contributed by atoms with Gasteiger partial charge in [0, 0.05) is 20.1 Å². The Balaban J connectivity index is 5.05. The van der Waals surface area contributed by atoms with Crippen LogP contribution in [0.25, 0.3) is 0 Å². The van der Waals surface area contributed by atoms with Crippen LogP contribution in [-0.2, 0) is 16.5 Å². The predicted octanol–water partition coefficient (Wildman–Crippen LogP) is 4.57. The van der Waals surface area contributed by atoms with Gasteiger partial charge in [0.1, 0.15) is 5.76 Å². The average molecular weight is 299 g/mol. The Bertz CT molecular complexity index is 404. The van der Waals surface area contributed by atoms with Crippen LogP contribution in [0.1, 0.15) is 34.1 Å². The highest BCUT2D eigenvalue weighted by molar-refractivity contribution is 8.04. The third-order valence-corrected chi connectivity index (χ3v) is 6.45. The lowest BCUT2D eigenvalue weighted by atomic mass is 10.3. The molecule has 0 aliphatic carbocycles. The first kappa shape index (κ1) is 18.0. The summed E-state index contributed by atoms with van der Waals surface area (Å²) in [5.74, 6) is 0.817. The molecule has 0 heterocycles. The minimum atomic E-state index is -0.972. The Labute approximate surface area is 123 Å². The number of allylic oxidation sites excluding steroid dienone is 5. The number of ether oxygens (including phenoxy) is 1.